The van der Waals surface area contributed by atoms with Crippen molar-refractivity contribution in [1.82, 2.24) is 14.6 Å². The number of aryl methyl sites for hydroxylation is 1. The van der Waals surface area contributed by atoms with Crippen molar-refractivity contribution in [3.05, 3.63) is 53.1 Å². The van der Waals surface area contributed by atoms with E-state index in [1.54, 1.807) is 28.8 Å². The highest BCUT2D eigenvalue weighted by Gasteiger charge is 2.09. The van der Waals surface area contributed by atoms with Gasteiger partial charge in [0.25, 0.3) is 0 Å². The lowest BCUT2D eigenvalue weighted by molar-refractivity contribution is 0.628. The molecule has 0 fully saturated rings. The lowest BCUT2D eigenvalue weighted by Crippen LogP contribution is -1.96. The van der Waals surface area contributed by atoms with Gasteiger partial charge in [0.15, 0.2) is 5.65 Å². The Morgan fingerprint density at radius 2 is 2.11 bits per heavy atom. The molecule has 0 spiro atoms. The first kappa shape index (κ1) is 12.1. The molecule has 0 atom stereocenters. The fourth-order valence-electron chi connectivity index (χ4n) is 1.96. The fourth-order valence-corrected chi connectivity index (χ4v) is 2.21. The molecule has 3 nitrogen and oxygen atoms in total. The summed E-state index contributed by atoms with van der Waals surface area (Å²) >= 11 is 6.16. The molecule has 3 aromatic rings. The molecular weight excluding hydrogens is 265 g/mol. The lowest BCUT2D eigenvalue weighted by atomic mass is 10.1. The molecule has 0 N–H and O–H groups in total. The monoisotopic (exact) mass is 275 g/mol. The minimum absolute atomic E-state index is 0.289. The van der Waals surface area contributed by atoms with E-state index in [9.17, 15) is 4.39 Å². The summed E-state index contributed by atoms with van der Waals surface area (Å²) in [5, 5.41) is 4.86. The van der Waals surface area contributed by atoms with Crippen molar-refractivity contribution in [3.8, 4) is 11.3 Å². The second-order valence-electron chi connectivity index (χ2n) is 4.23. The van der Waals surface area contributed by atoms with Crippen LogP contribution in [-0.4, -0.2) is 14.6 Å². The van der Waals surface area contributed by atoms with Crippen LogP contribution in [0.15, 0.2) is 36.4 Å². The number of hydrogen-bond acceptors (Lipinski definition) is 2. The van der Waals surface area contributed by atoms with Crippen molar-refractivity contribution in [1.29, 1.82) is 0 Å². The molecule has 3 rings (SSSR count). The summed E-state index contributed by atoms with van der Waals surface area (Å²) in [5.41, 5.74) is 2.94. The van der Waals surface area contributed by atoms with Gasteiger partial charge < -0.3 is 0 Å². The largest absolute Gasteiger partial charge is 0.233 e. The summed E-state index contributed by atoms with van der Waals surface area (Å²) in [6, 6.07) is 9.90. The zero-order valence-electron chi connectivity index (χ0n) is 10.3. The van der Waals surface area contributed by atoms with E-state index in [1.165, 1.54) is 12.1 Å². The molecule has 0 radical (unpaired) electrons. The quantitative estimate of drug-likeness (QED) is 0.667. The first-order valence-electron chi connectivity index (χ1n) is 5.98. The van der Waals surface area contributed by atoms with E-state index >= 15 is 0 Å². The Morgan fingerprint density at radius 3 is 2.84 bits per heavy atom. The van der Waals surface area contributed by atoms with Gasteiger partial charge in [0.1, 0.15) is 11.0 Å². The number of nitrogens with zero attached hydrogens (tertiary/aromatic N) is 3. The Morgan fingerprint density at radius 1 is 1.26 bits per heavy atom. The van der Waals surface area contributed by atoms with Crippen LogP contribution in [-0.2, 0) is 6.42 Å². The van der Waals surface area contributed by atoms with Gasteiger partial charge in [0, 0.05) is 17.3 Å². The Bertz CT molecular complexity index is 752. The summed E-state index contributed by atoms with van der Waals surface area (Å²) in [5.74, 6) is -0.289. The average molecular weight is 276 g/mol. The molecule has 0 aliphatic carbocycles. The lowest BCUT2D eigenvalue weighted by Gasteiger charge is -1.99. The maximum atomic E-state index is 13.2. The van der Waals surface area contributed by atoms with Gasteiger partial charge in [-0.2, -0.15) is 5.10 Å². The van der Waals surface area contributed by atoms with Gasteiger partial charge in [-0.25, -0.2) is 13.9 Å². The van der Waals surface area contributed by atoms with Crippen LogP contribution >= 0.6 is 11.6 Å². The number of hydrogen-bond donors (Lipinski definition) is 0. The number of aromatic nitrogens is 3. The third kappa shape index (κ3) is 2.19. The second kappa shape index (κ2) is 4.63. The maximum absolute atomic E-state index is 13.2. The number of fused-ring (bicyclic) bond motifs is 1. The predicted octanol–water partition coefficient (Wildman–Crippen LogP) is 3.75. The third-order valence-electron chi connectivity index (χ3n) is 2.92. The van der Waals surface area contributed by atoms with Gasteiger partial charge in [-0.1, -0.05) is 30.7 Å². The number of halogens is 2. The SMILES string of the molecule is CCc1cc(Cl)n2nc(-c3cccc(F)c3)cc2n1. The minimum atomic E-state index is -0.289. The molecule has 0 aliphatic rings. The van der Waals surface area contributed by atoms with Crippen LogP contribution in [0.2, 0.25) is 5.15 Å². The average Bonchev–Trinajstić information content (AvgIpc) is 2.83. The van der Waals surface area contributed by atoms with Crippen LogP contribution < -0.4 is 0 Å². The molecule has 0 saturated heterocycles. The first-order chi connectivity index (χ1) is 9.17. The van der Waals surface area contributed by atoms with Gasteiger partial charge in [-0.05, 0) is 24.6 Å². The zero-order chi connectivity index (χ0) is 13.4. The number of benzene rings is 1. The fraction of sp³-hybridized carbons (Fsp3) is 0.143. The topological polar surface area (TPSA) is 30.2 Å². The molecule has 0 aliphatic heterocycles. The van der Waals surface area contributed by atoms with Gasteiger partial charge in [-0.15, -0.1) is 0 Å². The second-order valence-corrected chi connectivity index (χ2v) is 4.62. The highest BCUT2D eigenvalue weighted by Crippen LogP contribution is 2.22. The third-order valence-corrected chi connectivity index (χ3v) is 3.19. The van der Waals surface area contributed by atoms with Crippen LogP contribution in [0.25, 0.3) is 16.9 Å². The molecule has 0 amide bonds. The molecule has 1 aromatic carbocycles. The molecular formula is C14H11ClFN3. The van der Waals surface area contributed by atoms with E-state index in [0.29, 0.717) is 22.1 Å². The first-order valence-corrected chi connectivity index (χ1v) is 6.36. The Hall–Kier alpha value is -1.94. The van der Waals surface area contributed by atoms with Gasteiger partial charge in [0.2, 0.25) is 0 Å². The molecule has 2 aromatic heterocycles. The Kier molecular flexibility index (Phi) is 2.95. The smallest absolute Gasteiger partial charge is 0.157 e. The molecule has 0 unspecified atom stereocenters. The van der Waals surface area contributed by atoms with Gasteiger partial charge in [0.05, 0.1) is 5.69 Å². The summed E-state index contributed by atoms with van der Waals surface area (Å²) < 4.78 is 14.8. The maximum Gasteiger partial charge on any atom is 0.157 e. The van der Waals surface area contributed by atoms with E-state index in [2.05, 4.69) is 10.1 Å². The molecule has 5 heteroatoms. The van der Waals surface area contributed by atoms with Crippen molar-refractivity contribution in [3.63, 3.8) is 0 Å². The molecule has 0 saturated carbocycles. The van der Waals surface area contributed by atoms with Crippen LogP contribution in [0.1, 0.15) is 12.6 Å². The van der Waals surface area contributed by atoms with E-state index in [0.717, 1.165) is 12.1 Å². The van der Waals surface area contributed by atoms with Crippen molar-refractivity contribution in [2.45, 2.75) is 13.3 Å². The highest BCUT2D eigenvalue weighted by molar-refractivity contribution is 6.29. The van der Waals surface area contributed by atoms with Crippen molar-refractivity contribution in [2.75, 3.05) is 0 Å². The molecule has 96 valence electrons. The van der Waals surface area contributed by atoms with Crippen molar-refractivity contribution < 1.29 is 4.39 Å². The van der Waals surface area contributed by atoms with E-state index in [-0.39, 0.29) is 5.82 Å². The van der Waals surface area contributed by atoms with E-state index in [4.69, 9.17) is 11.6 Å². The summed E-state index contributed by atoms with van der Waals surface area (Å²) in [7, 11) is 0. The zero-order valence-corrected chi connectivity index (χ0v) is 11.0. The van der Waals surface area contributed by atoms with Crippen LogP contribution in [0, 0.1) is 5.82 Å². The van der Waals surface area contributed by atoms with E-state index in [1.807, 2.05) is 6.92 Å². The normalized spacial score (nSPS) is 11.1. The van der Waals surface area contributed by atoms with Gasteiger partial charge >= 0.3 is 0 Å². The highest BCUT2D eigenvalue weighted by atomic mass is 35.5. The van der Waals surface area contributed by atoms with Crippen LogP contribution in [0.4, 0.5) is 4.39 Å². The standard InChI is InChI=1S/C14H11ClFN3/c1-2-11-7-13(15)19-14(17-11)8-12(18-19)9-4-3-5-10(16)6-9/h3-8H,2H2,1H3. The van der Waals surface area contributed by atoms with Crippen molar-refractivity contribution in [2.24, 2.45) is 0 Å². The number of rotatable bonds is 2. The molecule has 0 bridgehead atoms. The molecule has 19 heavy (non-hydrogen) atoms. The molecule has 2 heterocycles. The van der Waals surface area contributed by atoms with Gasteiger partial charge in [-0.3, -0.25) is 0 Å². The Labute approximate surface area is 114 Å². The Balaban J connectivity index is 2.19. The van der Waals surface area contributed by atoms with Crippen LogP contribution in [0.5, 0.6) is 0 Å². The summed E-state index contributed by atoms with van der Waals surface area (Å²) in [6.07, 6.45) is 0.802. The summed E-state index contributed by atoms with van der Waals surface area (Å²) in [4.78, 5) is 4.45. The predicted molar refractivity (Wildman–Crippen MR) is 72.8 cm³/mol. The summed E-state index contributed by atoms with van der Waals surface area (Å²) in [6.45, 7) is 2.01. The van der Waals surface area contributed by atoms with Crippen LogP contribution in [0.3, 0.4) is 0 Å². The van der Waals surface area contributed by atoms with Crippen molar-refractivity contribution >= 4 is 17.2 Å². The minimum Gasteiger partial charge on any atom is -0.233 e. The van der Waals surface area contributed by atoms with E-state index < -0.39 is 0 Å².